The number of nitrogens with zero attached hydrogens (tertiary/aromatic N) is 3. The smallest absolute Gasteiger partial charge is 0.242 e. The maximum atomic E-state index is 12.5. The average molecular weight is 382 g/mol. The third-order valence-electron chi connectivity index (χ3n) is 5.64. The van der Waals surface area contributed by atoms with Crippen molar-refractivity contribution < 1.29 is 14.4 Å². The molecule has 27 heavy (non-hydrogen) atoms. The summed E-state index contributed by atoms with van der Waals surface area (Å²) in [6.07, 6.45) is 3.37. The molecule has 2 rings (SSSR count). The molecule has 2 aliphatic rings. The van der Waals surface area contributed by atoms with E-state index in [1.165, 1.54) is 6.42 Å². The number of nitrogens with one attached hydrogen (secondary N) is 1. The Labute approximate surface area is 162 Å². The lowest BCUT2D eigenvalue weighted by Crippen LogP contribution is -2.55. The molecule has 0 bridgehead atoms. The zero-order chi connectivity index (χ0) is 20.0. The van der Waals surface area contributed by atoms with Gasteiger partial charge in [0.15, 0.2) is 0 Å². The second kappa shape index (κ2) is 10.0. The van der Waals surface area contributed by atoms with Crippen molar-refractivity contribution in [2.24, 2.45) is 11.7 Å². The zero-order valence-corrected chi connectivity index (χ0v) is 16.9. The standard InChI is InChI=1S/C19H35N5O3/c1-14(2)18(20)19(27)21-12-16(25)23-10-8-22(9-11-23)13-17(26)24-7-5-4-6-15(24)3/h14-15,18H,4-13,20H2,1-3H3,(H,21,27)/t15?,18-/m0/s1. The summed E-state index contributed by atoms with van der Waals surface area (Å²) >= 11 is 0. The highest BCUT2D eigenvalue weighted by molar-refractivity contribution is 5.87. The lowest BCUT2D eigenvalue weighted by molar-refractivity contribution is -0.138. The Morgan fingerprint density at radius 3 is 2.30 bits per heavy atom. The van der Waals surface area contributed by atoms with Gasteiger partial charge in [0.25, 0.3) is 0 Å². The molecule has 2 fully saturated rings. The molecule has 1 unspecified atom stereocenters. The van der Waals surface area contributed by atoms with Crippen molar-refractivity contribution in [2.75, 3.05) is 45.8 Å². The van der Waals surface area contributed by atoms with Crippen LogP contribution in [0.2, 0.25) is 0 Å². The summed E-state index contributed by atoms with van der Waals surface area (Å²) in [5, 5.41) is 2.62. The number of carbonyl (C=O) groups is 3. The highest BCUT2D eigenvalue weighted by atomic mass is 16.2. The van der Waals surface area contributed by atoms with Crippen molar-refractivity contribution >= 4 is 17.7 Å². The van der Waals surface area contributed by atoms with Gasteiger partial charge in [0.05, 0.1) is 19.1 Å². The van der Waals surface area contributed by atoms with E-state index in [9.17, 15) is 14.4 Å². The zero-order valence-electron chi connectivity index (χ0n) is 16.9. The summed E-state index contributed by atoms with van der Waals surface area (Å²) in [4.78, 5) is 42.5. The number of hydrogen-bond donors (Lipinski definition) is 2. The number of rotatable bonds is 6. The Hall–Kier alpha value is -1.67. The second-order valence-electron chi connectivity index (χ2n) is 8.08. The van der Waals surface area contributed by atoms with E-state index in [4.69, 9.17) is 5.73 Å². The van der Waals surface area contributed by atoms with Crippen molar-refractivity contribution in [3.63, 3.8) is 0 Å². The quantitative estimate of drug-likeness (QED) is 0.654. The van der Waals surface area contributed by atoms with Gasteiger partial charge in [0.1, 0.15) is 0 Å². The Bertz CT molecular complexity index is 531. The molecule has 0 saturated carbocycles. The minimum absolute atomic E-state index is 0.0243. The van der Waals surface area contributed by atoms with E-state index in [1.807, 2.05) is 18.7 Å². The van der Waals surface area contributed by atoms with Crippen LogP contribution in [0.3, 0.4) is 0 Å². The van der Waals surface area contributed by atoms with Gasteiger partial charge in [-0.25, -0.2) is 0 Å². The van der Waals surface area contributed by atoms with Gasteiger partial charge in [-0.05, 0) is 32.1 Å². The van der Waals surface area contributed by atoms with E-state index < -0.39 is 6.04 Å². The Morgan fingerprint density at radius 1 is 1.04 bits per heavy atom. The van der Waals surface area contributed by atoms with Crippen LogP contribution in [0, 0.1) is 5.92 Å². The fourth-order valence-corrected chi connectivity index (χ4v) is 3.60. The molecule has 8 nitrogen and oxygen atoms in total. The van der Waals surface area contributed by atoms with Crippen LogP contribution in [-0.4, -0.2) is 90.3 Å². The first-order valence-corrected chi connectivity index (χ1v) is 10.1. The molecule has 8 heteroatoms. The lowest BCUT2D eigenvalue weighted by Gasteiger charge is -2.38. The molecule has 0 aliphatic carbocycles. The highest BCUT2D eigenvalue weighted by Crippen LogP contribution is 2.17. The van der Waals surface area contributed by atoms with E-state index in [1.54, 1.807) is 4.90 Å². The van der Waals surface area contributed by atoms with Crippen molar-refractivity contribution in [1.29, 1.82) is 0 Å². The predicted octanol–water partition coefficient (Wildman–Crippen LogP) is -0.369. The first kappa shape index (κ1) is 21.6. The summed E-state index contributed by atoms with van der Waals surface area (Å²) in [5.74, 6) is -0.172. The van der Waals surface area contributed by atoms with Crippen molar-refractivity contribution in [3.8, 4) is 0 Å². The van der Waals surface area contributed by atoms with Crippen LogP contribution in [0.15, 0.2) is 0 Å². The Morgan fingerprint density at radius 2 is 1.70 bits per heavy atom. The van der Waals surface area contributed by atoms with Crippen molar-refractivity contribution in [1.82, 2.24) is 20.0 Å². The van der Waals surface area contributed by atoms with Gasteiger partial charge in [-0.2, -0.15) is 0 Å². The normalized spacial score (nSPS) is 22.6. The molecule has 0 aromatic rings. The number of carbonyl (C=O) groups excluding carboxylic acids is 3. The topological polar surface area (TPSA) is 99.0 Å². The number of piperidine rings is 1. The van der Waals surface area contributed by atoms with Crippen LogP contribution in [-0.2, 0) is 14.4 Å². The van der Waals surface area contributed by atoms with Crippen LogP contribution in [0.5, 0.6) is 0 Å². The summed E-state index contributed by atoms with van der Waals surface area (Å²) in [6, 6.07) is -0.271. The Balaban J connectivity index is 1.70. The third kappa shape index (κ3) is 6.17. The molecule has 3 N–H and O–H groups in total. The van der Waals surface area contributed by atoms with Crippen LogP contribution < -0.4 is 11.1 Å². The fourth-order valence-electron chi connectivity index (χ4n) is 3.60. The van der Waals surface area contributed by atoms with Crippen LogP contribution in [0.1, 0.15) is 40.0 Å². The summed E-state index contributed by atoms with van der Waals surface area (Å²) < 4.78 is 0. The van der Waals surface area contributed by atoms with Crippen molar-refractivity contribution in [2.45, 2.75) is 52.1 Å². The summed E-state index contributed by atoms with van der Waals surface area (Å²) in [6.45, 7) is 9.63. The SMILES string of the molecule is CC(C)[C@H](N)C(=O)NCC(=O)N1CCN(CC(=O)N2CCCCC2C)CC1. The molecule has 2 aliphatic heterocycles. The van der Waals surface area contributed by atoms with Gasteiger partial charge in [-0.3, -0.25) is 19.3 Å². The maximum absolute atomic E-state index is 12.5. The number of likely N-dealkylation sites (tertiary alicyclic amines) is 1. The monoisotopic (exact) mass is 381 g/mol. The minimum atomic E-state index is -0.599. The van der Waals surface area contributed by atoms with E-state index >= 15 is 0 Å². The molecule has 0 spiro atoms. The first-order valence-electron chi connectivity index (χ1n) is 10.1. The van der Waals surface area contributed by atoms with Crippen LogP contribution in [0.4, 0.5) is 0 Å². The third-order valence-corrected chi connectivity index (χ3v) is 5.64. The van der Waals surface area contributed by atoms with Gasteiger partial charge < -0.3 is 20.9 Å². The summed E-state index contributed by atoms with van der Waals surface area (Å²) in [7, 11) is 0. The first-order chi connectivity index (χ1) is 12.8. The number of amides is 3. The predicted molar refractivity (Wildman–Crippen MR) is 104 cm³/mol. The lowest BCUT2D eigenvalue weighted by atomic mass is 10.0. The van der Waals surface area contributed by atoms with E-state index in [-0.39, 0.29) is 30.2 Å². The molecule has 2 heterocycles. The van der Waals surface area contributed by atoms with Crippen molar-refractivity contribution in [3.05, 3.63) is 0 Å². The minimum Gasteiger partial charge on any atom is -0.346 e. The highest BCUT2D eigenvalue weighted by Gasteiger charge is 2.27. The second-order valence-corrected chi connectivity index (χ2v) is 8.08. The number of piperazine rings is 1. The largest absolute Gasteiger partial charge is 0.346 e. The maximum Gasteiger partial charge on any atom is 0.242 e. The molecule has 3 amide bonds. The van der Waals surface area contributed by atoms with Gasteiger partial charge in [-0.15, -0.1) is 0 Å². The van der Waals surface area contributed by atoms with Gasteiger partial charge in [0.2, 0.25) is 17.7 Å². The average Bonchev–Trinajstić information content (AvgIpc) is 2.65. The molecule has 2 saturated heterocycles. The molecule has 0 aromatic heterocycles. The number of hydrogen-bond acceptors (Lipinski definition) is 5. The van der Waals surface area contributed by atoms with Crippen LogP contribution >= 0.6 is 0 Å². The van der Waals surface area contributed by atoms with Gasteiger partial charge >= 0.3 is 0 Å². The summed E-state index contributed by atoms with van der Waals surface area (Å²) in [5.41, 5.74) is 5.78. The molecule has 154 valence electrons. The molecule has 0 radical (unpaired) electrons. The van der Waals surface area contributed by atoms with Gasteiger partial charge in [0, 0.05) is 38.8 Å². The molecule has 0 aromatic carbocycles. The van der Waals surface area contributed by atoms with E-state index in [0.717, 1.165) is 19.4 Å². The van der Waals surface area contributed by atoms with E-state index in [0.29, 0.717) is 38.8 Å². The molecular weight excluding hydrogens is 346 g/mol. The van der Waals surface area contributed by atoms with Gasteiger partial charge in [-0.1, -0.05) is 13.8 Å². The van der Waals surface area contributed by atoms with E-state index in [2.05, 4.69) is 17.1 Å². The fraction of sp³-hybridized carbons (Fsp3) is 0.842. The Kier molecular flexibility index (Phi) is 8.04. The number of nitrogens with two attached hydrogens (primary N) is 1. The van der Waals surface area contributed by atoms with Crippen LogP contribution in [0.25, 0.3) is 0 Å². The molecular formula is C19H35N5O3. The molecule has 2 atom stereocenters.